The zero-order valence-electron chi connectivity index (χ0n) is 14.2. The van der Waals surface area contributed by atoms with Gasteiger partial charge in [0.15, 0.2) is 0 Å². The van der Waals surface area contributed by atoms with Crippen LogP contribution in [0, 0.1) is 5.92 Å². The largest absolute Gasteiger partial charge is 0.466 e. The van der Waals surface area contributed by atoms with Gasteiger partial charge in [-0.25, -0.2) is 9.78 Å². The standard InChI is InChI=1S/C16H20N4O5/c1-3-23-15(21)10-6-5-7-20(8-10)13-11-12(16(22)24-4-2)19-25-14(11)18-9-17-13/h9-10H,3-8H2,1-2H3/t10-/m1/s1. The summed E-state index contributed by atoms with van der Waals surface area (Å²) in [6.45, 7) is 5.24. The molecule has 0 amide bonds. The summed E-state index contributed by atoms with van der Waals surface area (Å²) in [5.74, 6) is -0.516. The zero-order valence-corrected chi connectivity index (χ0v) is 14.2. The third-order valence-corrected chi connectivity index (χ3v) is 4.06. The van der Waals surface area contributed by atoms with E-state index in [-0.39, 0.29) is 29.9 Å². The molecule has 1 saturated heterocycles. The number of fused-ring (bicyclic) bond motifs is 1. The summed E-state index contributed by atoms with van der Waals surface area (Å²) in [6, 6.07) is 0. The van der Waals surface area contributed by atoms with Gasteiger partial charge in [0, 0.05) is 13.1 Å². The molecule has 0 aliphatic carbocycles. The molecule has 9 nitrogen and oxygen atoms in total. The Bertz CT molecular complexity index is 775. The van der Waals surface area contributed by atoms with Gasteiger partial charge >= 0.3 is 11.9 Å². The van der Waals surface area contributed by atoms with Gasteiger partial charge in [-0.3, -0.25) is 4.79 Å². The number of hydrogen-bond acceptors (Lipinski definition) is 9. The summed E-state index contributed by atoms with van der Waals surface area (Å²) in [5.41, 5.74) is 0.261. The predicted molar refractivity (Wildman–Crippen MR) is 87.1 cm³/mol. The van der Waals surface area contributed by atoms with Crippen LogP contribution in [0.15, 0.2) is 10.9 Å². The summed E-state index contributed by atoms with van der Waals surface area (Å²) in [4.78, 5) is 34.4. The van der Waals surface area contributed by atoms with Crippen molar-refractivity contribution in [3.05, 3.63) is 12.0 Å². The third-order valence-electron chi connectivity index (χ3n) is 4.06. The van der Waals surface area contributed by atoms with Crippen LogP contribution in [0.5, 0.6) is 0 Å². The highest BCUT2D eigenvalue weighted by Crippen LogP contribution is 2.30. The van der Waals surface area contributed by atoms with Gasteiger partial charge in [-0.05, 0) is 26.7 Å². The van der Waals surface area contributed by atoms with E-state index in [1.54, 1.807) is 13.8 Å². The molecule has 0 spiro atoms. The quantitative estimate of drug-likeness (QED) is 0.744. The van der Waals surface area contributed by atoms with Crippen molar-refractivity contribution in [3.8, 4) is 0 Å². The normalized spacial score (nSPS) is 17.5. The number of carbonyl (C=O) groups excluding carboxylic acids is 2. The van der Waals surface area contributed by atoms with Gasteiger partial charge in [-0.15, -0.1) is 0 Å². The van der Waals surface area contributed by atoms with Gasteiger partial charge in [0.25, 0.3) is 5.71 Å². The molecule has 0 aromatic carbocycles. The smallest absolute Gasteiger partial charge is 0.361 e. The Morgan fingerprint density at radius 2 is 2.08 bits per heavy atom. The van der Waals surface area contributed by atoms with Gasteiger partial charge in [-0.1, -0.05) is 5.16 Å². The fourth-order valence-electron chi connectivity index (χ4n) is 2.97. The van der Waals surface area contributed by atoms with E-state index in [2.05, 4.69) is 15.1 Å². The monoisotopic (exact) mass is 348 g/mol. The van der Waals surface area contributed by atoms with Crippen molar-refractivity contribution in [2.75, 3.05) is 31.2 Å². The predicted octanol–water partition coefficient (Wildman–Crippen LogP) is 1.57. The van der Waals surface area contributed by atoms with Crippen LogP contribution in [-0.2, 0) is 14.3 Å². The van der Waals surface area contributed by atoms with Crippen LogP contribution in [0.3, 0.4) is 0 Å². The molecule has 1 aliphatic heterocycles. The van der Waals surface area contributed by atoms with E-state index in [0.717, 1.165) is 12.8 Å². The maximum Gasteiger partial charge on any atom is 0.361 e. The lowest BCUT2D eigenvalue weighted by Gasteiger charge is -2.32. The second kappa shape index (κ2) is 7.45. The summed E-state index contributed by atoms with van der Waals surface area (Å²) in [7, 11) is 0. The third kappa shape index (κ3) is 3.40. The minimum atomic E-state index is -0.587. The van der Waals surface area contributed by atoms with Gasteiger partial charge in [0.1, 0.15) is 17.5 Å². The molecular formula is C16H20N4O5. The van der Waals surface area contributed by atoms with Crippen LogP contribution >= 0.6 is 0 Å². The number of aromatic nitrogens is 3. The first-order chi connectivity index (χ1) is 12.2. The highest BCUT2D eigenvalue weighted by atomic mass is 16.5. The molecule has 1 aliphatic rings. The van der Waals surface area contributed by atoms with Crippen LogP contribution < -0.4 is 4.90 Å². The Labute approximate surface area is 144 Å². The molecule has 134 valence electrons. The van der Waals surface area contributed by atoms with Crippen molar-refractivity contribution in [2.24, 2.45) is 5.92 Å². The lowest BCUT2D eigenvalue weighted by atomic mass is 9.98. The van der Waals surface area contributed by atoms with Crippen molar-refractivity contribution in [1.82, 2.24) is 15.1 Å². The first kappa shape index (κ1) is 17.1. The Kier molecular flexibility index (Phi) is 5.11. The summed E-state index contributed by atoms with van der Waals surface area (Å²) in [6.07, 6.45) is 2.93. The summed E-state index contributed by atoms with van der Waals surface area (Å²) < 4.78 is 15.3. The summed E-state index contributed by atoms with van der Waals surface area (Å²) >= 11 is 0. The second-order valence-corrected chi connectivity index (χ2v) is 5.67. The fraction of sp³-hybridized carbons (Fsp3) is 0.562. The van der Waals surface area contributed by atoms with Crippen LogP contribution in [0.1, 0.15) is 37.2 Å². The number of anilines is 1. The Morgan fingerprint density at radius 3 is 2.84 bits per heavy atom. The molecule has 9 heteroatoms. The maximum absolute atomic E-state index is 12.1. The first-order valence-corrected chi connectivity index (χ1v) is 8.34. The van der Waals surface area contributed by atoms with E-state index in [9.17, 15) is 9.59 Å². The van der Waals surface area contributed by atoms with Gasteiger partial charge < -0.3 is 18.9 Å². The molecular weight excluding hydrogens is 328 g/mol. The van der Waals surface area contributed by atoms with E-state index in [0.29, 0.717) is 30.9 Å². The number of rotatable bonds is 5. The molecule has 3 heterocycles. The molecule has 0 N–H and O–H groups in total. The van der Waals surface area contributed by atoms with Crippen molar-refractivity contribution in [3.63, 3.8) is 0 Å². The molecule has 2 aromatic rings. The van der Waals surface area contributed by atoms with Crippen molar-refractivity contribution >= 4 is 28.9 Å². The summed E-state index contributed by atoms with van der Waals surface area (Å²) in [5, 5.41) is 4.19. The average Bonchev–Trinajstić information content (AvgIpc) is 3.06. The topological polar surface area (TPSA) is 108 Å². The van der Waals surface area contributed by atoms with Crippen molar-refractivity contribution in [1.29, 1.82) is 0 Å². The molecule has 3 rings (SSSR count). The highest BCUT2D eigenvalue weighted by molar-refractivity contribution is 6.04. The number of piperidine rings is 1. The Morgan fingerprint density at radius 1 is 1.28 bits per heavy atom. The van der Waals surface area contributed by atoms with E-state index in [4.69, 9.17) is 14.0 Å². The van der Waals surface area contributed by atoms with Gasteiger partial charge in [-0.2, -0.15) is 4.98 Å². The fourth-order valence-corrected chi connectivity index (χ4v) is 2.97. The van der Waals surface area contributed by atoms with Crippen LogP contribution in [0.4, 0.5) is 5.82 Å². The number of hydrogen-bond donors (Lipinski definition) is 0. The lowest BCUT2D eigenvalue weighted by molar-refractivity contribution is -0.148. The molecule has 0 saturated carbocycles. The average molecular weight is 348 g/mol. The number of carbonyl (C=O) groups is 2. The molecule has 0 radical (unpaired) electrons. The highest BCUT2D eigenvalue weighted by Gasteiger charge is 2.31. The van der Waals surface area contributed by atoms with Gasteiger partial charge in [0.2, 0.25) is 5.69 Å². The van der Waals surface area contributed by atoms with E-state index in [1.807, 2.05) is 4.90 Å². The molecule has 1 fully saturated rings. The number of ether oxygens (including phenoxy) is 2. The number of nitrogens with zero attached hydrogens (tertiary/aromatic N) is 4. The van der Waals surface area contributed by atoms with Crippen LogP contribution in [0.2, 0.25) is 0 Å². The first-order valence-electron chi connectivity index (χ1n) is 8.34. The lowest BCUT2D eigenvalue weighted by Crippen LogP contribution is -2.40. The van der Waals surface area contributed by atoms with E-state index < -0.39 is 5.97 Å². The molecule has 25 heavy (non-hydrogen) atoms. The van der Waals surface area contributed by atoms with Crippen LogP contribution in [-0.4, -0.2) is 53.4 Å². The van der Waals surface area contributed by atoms with E-state index >= 15 is 0 Å². The van der Waals surface area contributed by atoms with Gasteiger partial charge in [0.05, 0.1) is 19.1 Å². The molecule has 0 bridgehead atoms. The number of esters is 2. The second-order valence-electron chi connectivity index (χ2n) is 5.67. The van der Waals surface area contributed by atoms with Crippen LogP contribution in [0.25, 0.3) is 11.1 Å². The van der Waals surface area contributed by atoms with Crippen molar-refractivity contribution < 1.29 is 23.6 Å². The minimum absolute atomic E-state index is 0.0470. The Hall–Kier alpha value is -2.71. The minimum Gasteiger partial charge on any atom is -0.466 e. The van der Waals surface area contributed by atoms with Crippen molar-refractivity contribution in [2.45, 2.75) is 26.7 Å². The molecule has 2 aromatic heterocycles. The zero-order chi connectivity index (χ0) is 17.8. The molecule has 0 unspecified atom stereocenters. The SMILES string of the molecule is CCOC(=O)c1noc2ncnc(N3CCC[C@@H](C(=O)OCC)C3)c12. The molecule has 1 atom stereocenters. The maximum atomic E-state index is 12.1. The van der Waals surface area contributed by atoms with E-state index in [1.165, 1.54) is 6.33 Å². The Balaban J connectivity index is 1.93.